The van der Waals surface area contributed by atoms with Crippen LogP contribution in [0.25, 0.3) is 0 Å². The summed E-state index contributed by atoms with van der Waals surface area (Å²) in [5, 5.41) is 4.23. The van der Waals surface area contributed by atoms with Crippen molar-refractivity contribution in [3.05, 3.63) is 28.8 Å². The molecule has 1 aromatic carbocycles. The van der Waals surface area contributed by atoms with E-state index < -0.39 is 0 Å². The maximum Gasteiger partial charge on any atom is 0.106 e. The number of anilines is 1. The van der Waals surface area contributed by atoms with Crippen LogP contribution in [0.1, 0.15) is 18.9 Å². The topological polar surface area (TPSA) is 41.3 Å². The molecule has 0 saturated carbocycles. The van der Waals surface area contributed by atoms with Gasteiger partial charge in [0.15, 0.2) is 0 Å². The van der Waals surface area contributed by atoms with E-state index in [1.54, 1.807) is 0 Å². The molecule has 3 nitrogen and oxygen atoms in total. The van der Waals surface area contributed by atoms with Gasteiger partial charge in [-0.3, -0.25) is 0 Å². The van der Waals surface area contributed by atoms with E-state index in [4.69, 9.17) is 29.6 Å². The third kappa shape index (κ3) is 3.59. The van der Waals surface area contributed by atoms with Gasteiger partial charge < -0.3 is 16.0 Å². The molecular weight excluding hydrogens is 278 g/mol. The summed E-state index contributed by atoms with van der Waals surface area (Å²) < 4.78 is 0. The van der Waals surface area contributed by atoms with Gasteiger partial charge in [0.2, 0.25) is 0 Å². The van der Waals surface area contributed by atoms with Gasteiger partial charge in [0.1, 0.15) is 4.99 Å². The fraction of sp³-hybridized carbons (Fsp3) is 0.500. The Morgan fingerprint density at radius 3 is 2.89 bits per heavy atom. The van der Waals surface area contributed by atoms with Crippen LogP contribution in [0, 0.1) is 5.92 Å². The first-order valence-electron chi connectivity index (χ1n) is 6.52. The molecule has 0 amide bonds. The summed E-state index contributed by atoms with van der Waals surface area (Å²) in [5.41, 5.74) is 7.58. The fourth-order valence-corrected chi connectivity index (χ4v) is 2.96. The number of benzene rings is 1. The van der Waals surface area contributed by atoms with Crippen LogP contribution < -0.4 is 11.1 Å². The van der Waals surface area contributed by atoms with E-state index in [2.05, 4.69) is 24.2 Å². The molecule has 2 rings (SSSR count). The summed E-state index contributed by atoms with van der Waals surface area (Å²) in [6.07, 6.45) is 1.12. The monoisotopic (exact) mass is 297 g/mol. The molecule has 19 heavy (non-hydrogen) atoms. The zero-order valence-electron chi connectivity index (χ0n) is 11.3. The van der Waals surface area contributed by atoms with Crippen LogP contribution in [-0.2, 0) is 0 Å². The lowest BCUT2D eigenvalue weighted by molar-refractivity contribution is 0.206. The highest BCUT2D eigenvalue weighted by Crippen LogP contribution is 2.25. The van der Waals surface area contributed by atoms with Gasteiger partial charge in [-0.05, 0) is 44.1 Å². The molecule has 2 atom stereocenters. The average Bonchev–Trinajstić information content (AvgIpc) is 2.34. The van der Waals surface area contributed by atoms with Crippen molar-refractivity contribution in [2.45, 2.75) is 19.4 Å². The Bertz CT molecular complexity index is 478. The van der Waals surface area contributed by atoms with E-state index in [0.29, 0.717) is 22.0 Å². The number of nitrogens with zero attached hydrogens (tertiary/aromatic N) is 1. The molecule has 0 aromatic heterocycles. The molecule has 1 fully saturated rings. The lowest BCUT2D eigenvalue weighted by Gasteiger charge is -2.36. The van der Waals surface area contributed by atoms with Crippen LogP contribution in [0.3, 0.4) is 0 Å². The third-order valence-corrected chi connectivity index (χ3v) is 4.15. The van der Waals surface area contributed by atoms with E-state index in [-0.39, 0.29) is 0 Å². The predicted octanol–water partition coefficient (Wildman–Crippen LogP) is 2.73. The number of likely N-dealkylation sites (tertiary alicyclic amines) is 1. The normalized spacial score (nSPS) is 24.2. The van der Waals surface area contributed by atoms with Crippen LogP contribution in [0.15, 0.2) is 18.2 Å². The van der Waals surface area contributed by atoms with Crippen molar-refractivity contribution in [3.8, 4) is 0 Å². The Labute approximate surface area is 125 Å². The van der Waals surface area contributed by atoms with E-state index in [1.165, 1.54) is 0 Å². The van der Waals surface area contributed by atoms with Crippen LogP contribution in [0.4, 0.5) is 5.69 Å². The molecule has 0 radical (unpaired) electrons. The Morgan fingerprint density at radius 1 is 1.53 bits per heavy atom. The largest absolute Gasteiger partial charge is 0.389 e. The minimum Gasteiger partial charge on any atom is -0.389 e. The standard InChI is InChI=1S/C14H20ClN3S/c1-9-8-18(2)6-5-12(9)17-13-4-3-10(15)7-11(13)14(16)19/h3-4,7,9,12,17H,5-6,8H2,1-2H3,(H2,16,19). The lowest BCUT2D eigenvalue weighted by atomic mass is 9.93. The zero-order chi connectivity index (χ0) is 14.0. The second-order valence-electron chi connectivity index (χ2n) is 5.33. The average molecular weight is 298 g/mol. The summed E-state index contributed by atoms with van der Waals surface area (Å²) >= 11 is 11.1. The molecule has 0 bridgehead atoms. The number of halogens is 1. The highest BCUT2D eigenvalue weighted by Gasteiger charge is 2.24. The SMILES string of the molecule is CC1CN(C)CCC1Nc1ccc(Cl)cc1C(N)=S. The Hall–Kier alpha value is -0.840. The van der Waals surface area contributed by atoms with Gasteiger partial charge in [0.25, 0.3) is 0 Å². The fourth-order valence-electron chi connectivity index (χ4n) is 2.61. The van der Waals surface area contributed by atoms with Gasteiger partial charge in [-0.2, -0.15) is 0 Å². The molecule has 1 saturated heterocycles. The maximum absolute atomic E-state index is 6.00. The lowest BCUT2D eigenvalue weighted by Crippen LogP contribution is -2.43. The van der Waals surface area contributed by atoms with Crippen LogP contribution in [0.2, 0.25) is 5.02 Å². The van der Waals surface area contributed by atoms with Crippen molar-refractivity contribution in [2.24, 2.45) is 11.7 Å². The smallest absolute Gasteiger partial charge is 0.106 e. The molecule has 1 aromatic rings. The summed E-state index contributed by atoms with van der Waals surface area (Å²) in [4.78, 5) is 2.74. The number of hydrogen-bond donors (Lipinski definition) is 2. The quantitative estimate of drug-likeness (QED) is 0.842. The van der Waals surface area contributed by atoms with Crippen molar-refractivity contribution in [1.82, 2.24) is 4.90 Å². The Kier molecular flexibility index (Phi) is 4.66. The van der Waals surface area contributed by atoms with Crippen molar-refractivity contribution in [2.75, 3.05) is 25.5 Å². The zero-order valence-corrected chi connectivity index (χ0v) is 12.9. The minimum absolute atomic E-state index is 0.380. The second kappa shape index (κ2) is 6.07. The summed E-state index contributed by atoms with van der Waals surface area (Å²) in [6.45, 7) is 4.48. The van der Waals surface area contributed by atoms with Crippen molar-refractivity contribution < 1.29 is 0 Å². The highest BCUT2D eigenvalue weighted by molar-refractivity contribution is 7.80. The third-order valence-electron chi connectivity index (χ3n) is 3.70. The molecule has 0 aliphatic carbocycles. The number of thiocarbonyl (C=S) groups is 1. The van der Waals surface area contributed by atoms with E-state index in [0.717, 1.165) is 30.8 Å². The number of rotatable bonds is 3. The minimum atomic E-state index is 0.380. The Balaban J connectivity index is 2.17. The first-order chi connectivity index (χ1) is 8.97. The van der Waals surface area contributed by atoms with Crippen molar-refractivity contribution >= 4 is 34.5 Å². The highest BCUT2D eigenvalue weighted by atomic mass is 35.5. The van der Waals surface area contributed by atoms with E-state index in [9.17, 15) is 0 Å². The molecule has 2 unspecified atom stereocenters. The number of hydrogen-bond acceptors (Lipinski definition) is 3. The number of nitrogens with one attached hydrogen (secondary N) is 1. The molecular formula is C14H20ClN3S. The van der Waals surface area contributed by atoms with Gasteiger partial charge in [-0.15, -0.1) is 0 Å². The predicted molar refractivity (Wildman–Crippen MR) is 86.0 cm³/mol. The maximum atomic E-state index is 6.00. The molecule has 0 spiro atoms. The Morgan fingerprint density at radius 2 is 2.26 bits per heavy atom. The van der Waals surface area contributed by atoms with Gasteiger partial charge in [0, 0.05) is 28.9 Å². The van der Waals surface area contributed by atoms with Gasteiger partial charge >= 0.3 is 0 Å². The van der Waals surface area contributed by atoms with Crippen LogP contribution >= 0.6 is 23.8 Å². The summed E-state index contributed by atoms with van der Waals surface area (Å²) in [6, 6.07) is 6.10. The van der Waals surface area contributed by atoms with Gasteiger partial charge in [-0.1, -0.05) is 30.7 Å². The molecule has 1 aliphatic heterocycles. The van der Waals surface area contributed by atoms with E-state index >= 15 is 0 Å². The molecule has 3 N–H and O–H groups in total. The van der Waals surface area contributed by atoms with Gasteiger partial charge in [-0.25, -0.2) is 0 Å². The van der Waals surface area contributed by atoms with Crippen molar-refractivity contribution in [3.63, 3.8) is 0 Å². The molecule has 104 valence electrons. The van der Waals surface area contributed by atoms with Crippen molar-refractivity contribution in [1.29, 1.82) is 0 Å². The summed E-state index contributed by atoms with van der Waals surface area (Å²) in [5.74, 6) is 0.591. The van der Waals surface area contributed by atoms with Gasteiger partial charge in [0.05, 0.1) is 0 Å². The number of piperidine rings is 1. The molecule has 1 aliphatic rings. The van der Waals surface area contributed by atoms with Crippen LogP contribution in [-0.4, -0.2) is 36.1 Å². The molecule has 1 heterocycles. The second-order valence-corrected chi connectivity index (χ2v) is 6.21. The first-order valence-corrected chi connectivity index (χ1v) is 7.30. The molecule has 5 heteroatoms. The summed E-state index contributed by atoms with van der Waals surface area (Å²) in [7, 11) is 2.16. The number of nitrogens with two attached hydrogens (primary N) is 1. The first kappa shape index (κ1) is 14.6. The van der Waals surface area contributed by atoms with Crippen LogP contribution in [0.5, 0.6) is 0 Å². The van der Waals surface area contributed by atoms with E-state index in [1.807, 2.05) is 18.2 Å².